The van der Waals surface area contributed by atoms with E-state index in [4.69, 9.17) is 22.9 Å². The van der Waals surface area contributed by atoms with Crippen molar-refractivity contribution in [2.75, 3.05) is 38.2 Å². The number of aliphatic imine (C=N–C) groups is 1. The smallest absolute Gasteiger partial charge is 0.326 e. The van der Waals surface area contributed by atoms with Gasteiger partial charge in [0.15, 0.2) is 5.96 Å². The third-order valence-electron chi connectivity index (χ3n) is 13.7. The molecule has 75 heavy (non-hydrogen) atoms. The molecule has 1 aromatic rings. The standard InChI is InChI=1S/C50H79N13O11S/c1-28(2)39(59-44(68)37-18-10-23-61(37)46(70)31(51)27-30-13-7-6-8-14-30)45(69)57-33(15-9-22-55-50(53)54)47(71)62-24-11-16-35(62)42(66)56-32(19-20-38(52)64)41(65)60-40(29(3)4)48(72)63-25-12-17-36(63)43(67)58-34(49(73)74)21-26-75-5/h6-8,13-14,28-29,31-37,39-40H,9-12,15-27,51H2,1-5H3,(H2,52,64)(H,56,66)(H,57,69)(H,58,67)(H,59,68)(H,60,65)(H,73,74)(H4,53,54,55)/t31-,32-,33-,34-,35-,36-,37-,39-,40-/m0/s1. The number of aliphatic carboxylic acids is 1. The highest BCUT2D eigenvalue weighted by Gasteiger charge is 2.43. The first-order valence-corrected chi connectivity index (χ1v) is 27.2. The predicted octanol–water partition coefficient (Wildman–Crippen LogP) is -1.58. The van der Waals surface area contributed by atoms with Gasteiger partial charge in [0.25, 0.3) is 0 Å². The summed E-state index contributed by atoms with van der Waals surface area (Å²) in [5, 5.41) is 23.2. The lowest BCUT2D eigenvalue weighted by atomic mass is 10.0. The Morgan fingerprint density at radius 3 is 1.67 bits per heavy atom. The summed E-state index contributed by atoms with van der Waals surface area (Å²) >= 11 is 1.42. The third kappa shape index (κ3) is 17.8. The van der Waals surface area contributed by atoms with Crippen LogP contribution in [0.5, 0.6) is 0 Å². The molecule has 0 saturated carbocycles. The van der Waals surface area contributed by atoms with E-state index in [-0.39, 0.29) is 77.0 Å². The first kappa shape index (κ1) is 61.1. The second-order valence-electron chi connectivity index (χ2n) is 20.1. The van der Waals surface area contributed by atoms with Crippen molar-refractivity contribution in [3.63, 3.8) is 0 Å². The molecular weight excluding hydrogens is 991 g/mol. The minimum absolute atomic E-state index is 0.0150. The quantitative estimate of drug-likeness (QED) is 0.0257. The number of nitrogens with two attached hydrogens (primary N) is 4. The molecule has 9 amide bonds. The number of thioether (sulfide) groups is 1. The van der Waals surface area contributed by atoms with Crippen LogP contribution < -0.4 is 49.5 Å². The maximum Gasteiger partial charge on any atom is 0.326 e. The van der Waals surface area contributed by atoms with Crippen LogP contribution in [0.2, 0.25) is 0 Å². The molecule has 0 bridgehead atoms. The average Bonchev–Trinajstić information content (AvgIpc) is 4.17. The van der Waals surface area contributed by atoms with E-state index in [0.29, 0.717) is 38.0 Å². The number of nitrogens with zero attached hydrogens (tertiary/aromatic N) is 4. The average molecular weight is 1070 g/mol. The largest absolute Gasteiger partial charge is 0.480 e. The topological polar surface area (TPSA) is 377 Å². The van der Waals surface area contributed by atoms with Crippen molar-refractivity contribution in [2.45, 2.75) is 159 Å². The normalized spacial score (nSPS) is 19.8. The lowest BCUT2D eigenvalue weighted by molar-refractivity contribution is -0.145. The van der Waals surface area contributed by atoms with Gasteiger partial charge in [-0.2, -0.15) is 11.8 Å². The maximum atomic E-state index is 14.6. The Bertz CT molecular complexity index is 2220. The lowest BCUT2D eigenvalue weighted by Gasteiger charge is -2.33. The fraction of sp³-hybridized carbons (Fsp3) is 0.660. The van der Waals surface area contributed by atoms with E-state index in [1.54, 1.807) is 27.7 Å². The molecule has 4 rings (SSSR count). The number of carboxylic acids is 1. The summed E-state index contributed by atoms with van der Waals surface area (Å²) in [4.78, 5) is 144. The summed E-state index contributed by atoms with van der Waals surface area (Å²) in [6, 6.07) is -0.835. The molecule has 14 N–H and O–H groups in total. The number of carboxylic acid groups (broad SMARTS) is 1. The van der Waals surface area contributed by atoms with Crippen LogP contribution in [0.3, 0.4) is 0 Å². The number of amides is 9. The molecule has 3 saturated heterocycles. The number of primary amides is 1. The van der Waals surface area contributed by atoms with Crippen molar-refractivity contribution in [3.8, 4) is 0 Å². The molecule has 1 aromatic carbocycles. The van der Waals surface area contributed by atoms with Crippen LogP contribution in [-0.4, -0.2) is 177 Å². The Morgan fingerprint density at radius 1 is 0.640 bits per heavy atom. The van der Waals surface area contributed by atoms with Crippen molar-refractivity contribution in [1.82, 2.24) is 41.3 Å². The Balaban J connectivity index is 1.49. The van der Waals surface area contributed by atoms with Gasteiger partial charge in [-0.15, -0.1) is 0 Å². The van der Waals surface area contributed by atoms with Gasteiger partial charge in [0.2, 0.25) is 53.2 Å². The maximum absolute atomic E-state index is 14.6. The Morgan fingerprint density at radius 2 is 1.16 bits per heavy atom. The highest BCUT2D eigenvalue weighted by molar-refractivity contribution is 7.98. The molecule has 3 heterocycles. The first-order chi connectivity index (χ1) is 35.5. The number of benzene rings is 1. The summed E-state index contributed by atoms with van der Waals surface area (Å²) in [6.45, 7) is 7.45. The Labute approximate surface area is 442 Å². The molecule has 0 spiro atoms. The van der Waals surface area contributed by atoms with Crippen LogP contribution in [0.4, 0.5) is 0 Å². The number of hydrogen-bond donors (Lipinski definition) is 10. The minimum Gasteiger partial charge on any atom is -0.480 e. The van der Waals surface area contributed by atoms with E-state index in [0.717, 1.165) is 5.56 Å². The van der Waals surface area contributed by atoms with Crippen LogP contribution >= 0.6 is 11.8 Å². The van der Waals surface area contributed by atoms with Gasteiger partial charge in [0, 0.05) is 32.6 Å². The van der Waals surface area contributed by atoms with Crippen molar-refractivity contribution >= 4 is 76.9 Å². The molecule has 0 radical (unpaired) electrons. The number of carbonyl (C=O) groups excluding carboxylic acids is 9. The van der Waals surface area contributed by atoms with E-state index in [9.17, 15) is 53.1 Å². The molecule has 416 valence electrons. The zero-order valence-corrected chi connectivity index (χ0v) is 44.6. The highest BCUT2D eigenvalue weighted by atomic mass is 32.2. The van der Waals surface area contributed by atoms with E-state index in [2.05, 4.69) is 31.6 Å². The van der Waals surface area contributed by atoms with Gasteiger partial charge in [-0.05, 0) is 100 Å². The zero-order chi connectivity index (χ0) is 55.5. The molecule has 9 atom stereocenters. The fourth-order valence-electron chi connectivity index (χ4n) is 9.61. The van der Waals surface area contributed by atoms with Gasteiger partial charge in [-0.1, -0.05) is 58.0 Å². The van der Waals surface area contributed by atoms with Crippen molar-refractivity contribution in [1.29, 1.82) is 0 Å². The number of rotatable bonds is 28. The van der Waals surface area contributed by atoms with Gasteiger partial charge in [-0.3, -0.25) is 48.1 Å². The van der Waals surface area contributed by atoms with Crippen LogP contribution in [0, 0.1) is 11.8 Å². The molecule has 3 aliphatic rings. The molecule has 3 fully saturated rings. The summed E-state index contributed by atoms with van der Waals surface area (Å²) in [7, 11) is 0. The Hall–Kier alpha value is -6.50. The van der Waals surface area contributed by atoms with Crippen molar-refractivity contribution in [3.05, 3.63) is 35.9 Å². The highest BCUT2D eigenvalue weighted by Crippen LogP contribution is 2.24. The fourth-order valence-corrected chi connectivity index (χ4v) is 10.1. The van der Waals surface area contributed by atoms with Crippen LogP contribution in [0.15, 0.2) is 35.3 Å². The molecule has 24 nitrogen and oxygen atoms in total. The predicted molar refractivity (Wildman–Crippen MR) is 281 cm³/mol. The molecule has 0 aliphatic carbocycles. The van der Waals surface area contributed by atoms with Gasteiger partial charge in [-0.25, -0.2) is 4.79 Å². The van der Waals surface area contributed by atoms with Crippen LogP contribution in [0.1, 0.15) is 104 Å². The summed E-state index contributed by atoms with van der Waals surface area (Å²) in [6.07, 6.45) is 4.03. The number of guanidine groups is 1. The summed E-state index contributed by atoms with van der Waals surface area (Å²) < 4.78 is 0. The molecule has 0 aromatic heterocycles. The third-order valence-corrected chi connectivity index (χ3v) is 14.4. The molecule has 3 aliphatic heterocycles. The second kappa shape index (κ2) is 29.6. The van der Waals surface area contributed by atoms with E-state index in [1.165, 1.54) is 26.5 Å². The van der Waals surface area contributed by atoms with E-state index >= 15 is 0 Å². The van der Waals surface area contributed by atoms with Gasteiger partial charge >= 0.3 is 5.97 Å². The molecule has 0 unspecified atom stereocenters. The number of carbonyl (C=O) groups is 10. The zero-order valence-electron chi connectivity index (χ0n) is 43.8. The number of hydrogen-bond acceptors (Lipinski definition) is 13. The van der Waals surface area contributed by atoms with Crippen molar-refractivity contribution in [2.24, 2.45) is 39.8 Å². The monoisotopic (exact) mass is 1070 g/mol. The van der Waals surface area contributed by atoms with Crippen molar-refractivity contribution < 1.29 is 53.1 Å². The minimum atomic E-state index is -1.42. The molecular formula is C50H79N13O11S. The van der Waals surface area contributed by atoms with E-state index < -0.39 is 125 Å². The lowest BCUT2D eigenvalue weighted by Crippen LogP contribution is -2.61. The van der Waals surface area contributed by atoms with Crippen LogP contribution in [0.25, 0.3) is 0 Å². The summed E-state index contributed by atoms with van der Waals surface area (Å²) in [5.74, 6) is -7.77. The molecule has 25 heteroatoms. The van der Waals surface area contributed by atoms with Crippen LogP contribution in [-0.2, 0) is 54.4 Å². The van der Waals surface area contributed by atoms with E-state index in [1.807, 2.05) is 36.6 Å². The number of likely N-dealkylation sites (tertiary alicyclic amines) is 3. The number of nitrogens with one attached hydrogen (secondary N) is 5. The first-order valence-electron chi connectivity index (χ1n) is 25.8. The Kier molecular flexibility index (Phi) is 24.1. The van der Waals surface area contributed by atoms with Gasteiger partial charge < -0.3 is 69.3 Å². The van der Waals surface area contributed by atoms with Gasteiger partial charge in [0.1, 0.15) is 48.3 Å². The SMILES string of the molecule is CSCC[C@H](NC(=O)[C@@H]1CCCN1C(=O)[C@@H](NC(=O)[C@H](CCC(N)=O)NC(=O)[C@@H]1CCCN1C(=O)[C@H](CCCN=C(N)N)NC(=O)[C@@H](NC(=O)[C@@H]1CCCN1C(=O)[C@@H](N)Cc1ccccc1)C(C)C)C(C)C)C(=O)O. The summed E-state index contributed by atoms with van der Waals surface area (Å²) in [5.41, 5.74) is 23.8. The van der Waals surface area contributed by atoms with Gasteiger partial charge in [0.05, 0.1) is 6.04 Å². The second-order valence-corrected chi connectivity index (χ2v) is 21.1.